The van der Waals surface area contributed by atoms with Gasteiger partial charge in [-0.3, -0.25) is 4.90 Å². The van der Waals surface area contributed by atoms with Crippen molar-refractivity contribution in [2.75, 3.05) is 32.8 Å². The van der Waals surface area contributed by atoms with Gasteiger partial charge in [-0.2, -0.15) is 0 Å². The van der Waals surface area contributed by atoms with E-state index < -0.39 is 0 Å². The highest BCUT2D eigenvalue weighted by Crippen LogP contribution is 2.18. The zero-order valence-electron chi connectivity index (χ0n) is 10.7. The Labute approximate surface area is 108 Å². The van der Waals surface area contributed by atoms with Crippen molar-refractivity contribution in [1.29, 1.82) is 0 Å². The Balaban J connectivity index is 1.74. The molecule has 0 aliphatic carbocycles. The molecule has 0 saturated carbocycles. The van der Waals surface area contributed by atoms with E-state index in [-0.39, 0.29) is 0 Å². The Morgan fingerprint density at radius 2 is 2.18 bits per heavy atom. The van der Waals surface area contributed by atoms with Crippen LogP contribution in [0, 0.1) is 0 Å². The van der Waals surface area contributed by atoms with Crippen molar-refractivity contribution in [2.45, 2.75) is 25.9 Å². The highest BCUT2D eigenvalue weighted by Gasteiger charge is 2.15. The van der Waals surface area contributed by atoms with Crippen LogP contribution < -0.4 is 5.32 Å². The molecule has 1 N–H and O–H groups in total. The molecule has 0 spiro atoms. The zero-order valence-corrected chi connectivity index (χ0v) is 11.5. The molecule has 2 rings (SSSR count). The van der Waals surface area contributed by atoms with E-state index in [0.29, 0.717) is 12.1 Å². The molecular weight excluding hydrogens is 232 g/mol. The summed E-state index contributed by atoms with van der Waals surface area (Å²) in [5.74, 6) is 0. The van der Waals surface area contributed by atoms with Gasteiger partial charge in [0, 0.05) is 36.6 Å². The van der Waals surface area contributed by atoms with Crippen LogP contribution >= 0.6 is 11.3 Å². The van der Waals surface area contributed by atoms with E-state index in [1.807, 2.05) is 11.3 Å². The number of ether oxygens (including phenoxy) is 1. The molecule has 0 aromatic carbocycles. The predicted octanol–water partition coefficient (Wildman–Crippen LogP) is 2.12. The first-order valence-electron chi connectivity index (χ1n) is 6.35. The Bertz CT molecular complexity index is 309. The minimum atomic E-state index is 0.450. The topological polar surface area (TPSA) is 24.5 Å². The third-order valence-corrected chi connectivity index (χ3v) is 4.20. The zero-order chi connectivity index (χ0) is 12.1. The van der Waals surface area contributed by atoms with Gasteiger partial charge >= 0.3 is 0 Å². The van der Waals surface area contributed by atoms with Crippen LogP contribution in [-0.2, 0) is 4.74 Å². The molecule has 1 aromatic heterocycles. The molecule has 2 unspecified atom stereocenters. The molecule has 0 bridgehead atoms. The summed E-state index contributed by atoms with van der Waals surface area (Å²) in [5, 5.41) is 5.80. The van der Waals surface area contributed by atoms with Crippen molar-refractivity contribution >= 4 is 11.3 Å². The maximum absolute atomic E-state index is 5.36. The van der Waals surface area contributed by atoms with Crippen LogP contribution in [0.3, 0.4) is 0 Å². The number of hydrogen-bond acceptors (Lipinski definition) is 4. The number of rotatable bonds is 5. The Hall–Kier alpha value is -0.420. The van der Waals surface area contributed by atoms with E-state index in [4.69, 9.17) is 4.74 Å². The summed E-state index contributed by atoms with van der Waals surface area (Å²) in [6, 6.07) is 5.28. The lowest BCUT2D eigenvalue weighted by Crippen LogP contribution is -2.44. The average molecular weight is 254 g/mol. The number of thiophene rings is 1. The lowest BCUT2D eigenvalue weighted by atomic mass is 10.2. The highest BCUT2D eigenvalue weighted by molar-refractivity contribution is 7.10. The summed E-state index contributed by atoms with van der Waals surface area (Å²) in [5.41, 5.74) is 0. The third-order valence-electron chi connectivity index (χ3n) is 3.14. The fraction of sp³-hybridized carbons (Fsp3) is 0.692. The summed E-state index contributed by atoms with van der Waals surface area (Å²) in [4.78, 5) is 3.89. The normalized spacial score (nSPS) is 21.3. The molecule has 1 aliphatic heterocycles. The quantitative estimate of drug-likeness (QED) is 0.871. The Morgan fingerprint density at radius 1 is 1.41 bits per heavy atom. The molecule has 1 fully saturated rings. The summed E-state index contributed by atoms with van der Waals surface area (Å²) >= 11 is 1.82. The van der Waals surface area contributed by atoms with E-state index in [1.165, 1.54) is 4.88 Å². The number of nitrogens with one attached hydrogen (secondary N) is 1. The molecule has 1 aromatic rings. The van der Waals surface area contributed by atoms with Gasteiger partial charge in [0.2, 0.25) is 0 Å². The van der Waals surface area contributed by atoms with Crippen molar-refractivity contribution in [3.05, 3.63) is 22.4 Å². The fourth-order valence-corrected chi connectivity index (χ4v) is 3.01. The molecule has 2 atom stereocenters. The van der Waals surface area contributed by atoms with Crippen molar-refractivity contribution < 1.29 is 4.74 Å². The molecule has 4 heteroatoms. The third kappa shape index (κ3) is 4.07. The van der Waals surface area contributed by atoms with E-state index in [2.05, 4.69) is 41.6 Å². The molecule has 2 heterocycles. The number of hydrogen-bond donors (Lipinski definition) is 1. The van der Waals surface area contributed by atoms with Gasteiger partial charge in [-0.25, -0.2) is 0 Å². The van der Waals surface area contributed by atoms with Gasteiger partial charge in [0.25, 0.3) is 0 Å². The summed E-state index contributed by atoms with van der Waals surface area (Å²) in [7, 11) is 0. The van der Waals surface area contributed by atoms with Crippen LogP contribution in [0.25, 0.3) is 0 Å². The van der Waals surface area contributed by atoms with Crippen LogP contribution in [0.1, 0.15) is 24.8 Å². The van der Waals surface area contributed by atoms with Gasteiger partial charge in [0.15, 0.2) is 0 Å². The van der Waals surface area contributed by atoms with Gasteiger partial charge in [-0.05, 0) is 25.3 Å². The summed E-state index contributed by atoms with van der Waals surface area (Å²) < 4.78 is 5.36. The van der Waals surface area contributed by atoms with Crippen LogP contribution in [0.2, 0.25) is 0 Å². The molecule has 1 saturated heterocycles. The monoisotopic (exact) mass is 254 g/mol. The van der Waals surface area contributed by atoms with Crippen LogP contribution in [0.15, 0.2) is 17.5 Å². The predicted molar refractivity (Wildman–Crippen MR) is 72.6 cm³/mol. The van der Waals surface area contributed by atoms with Crippen LogP contribution in [0.5, 0.6) is 0 Å². The Morgan fingerprint density at radius 3 is 2.82 bits per heavy atom. The van der Waals surface area contributed by atoms with Gasteiger partial charge in [-0.15, -0.1) is 11.3 Å². The van der Waals surface area contributed by atoms with Gasteiger partial charge in [-0.1, -0.05) is 6.07 Å². The van der Waals surface area contributed by atoms with E-state index in [0.717, 1.165) is 32.8 Å². The molecule has 96 valence electrons. The first kappa shape index (κ1) is 13.0. The van der Waals surface area contributed by atoms with Gasteiger partial charge < -0.3 is 10.1 Å². The van der Waals surface area contributed by atoms with Gasteiger partial charge in [0.05, 0.1) is 13.2 Å². The summed E-state index contributed by atoms with van der Waals surface area (Å²) in [6.07, 6.45) is 0. The molecular formula is C13H22N2OS. The smallest absolute Gasteiger partial charge is 0.0594 e. The second-order valence-electron chi connectivity index (χ2n) is 4.72. The number of nitrogens with zero attached hydrogens (tertiary/aromatic N) is 1. The molecule has 1 aliphatic rings. The first-order chi connectivity index (χ1) is 8.25. The SMILES string of the molecule is CC(CN1CCOCC1)NC(C)c1cccs1. The van der Waals surface area contributed by atoms with Crippen LogP contribution in [-0.4, -0.2) is 43.8 Å². The standard InChI is InChI=1S/C13H22N2OS/c1-11(10-15-5-7-16-8-6-15)14-12(2)13-4-3-9-17-13/h3-4,9,11-12,14H,5-8,10H2,1-2H3. The maximum atomic E-state index is 5.36. The molecule has 17 heavy (non-hydrogen) atoms. The van der Waals surface area contributed by atoms with Crippen LogP contribution in [0.4, 0.5) is 0 Å². The minimum Gasteiger partial charge on any atom is -0.379 e. The lowest BCUT2D eigenvalue weighted by Gasteiger charge is -2.30. The van der Waals surface area contributed by atoms with E-state index >= 15 is 0 Å². The average Bonchev–Trinajstić information content (AvgIpc) is 2.83. The van der Waals surface area contributed by atoms with Crippen molar-refractivity contribution in [2.24, 2.45) is 0 Å². The number of morpholine rings is 1. The summed E-state index contributed by atoms with van der Waals surface area (Å²) in [6.45, 7) is 9.51. The lowest BCUT2D eigenvalue weighted by molar-refractivity contribution is 0.0339. The first-order valence-corrected chi connectivity index (χ1v) is 7.23. The highest BCUT2D eigenvalue weighted by atomic mass is 32.1. The maximum Gasteiger partial charge on any atom is 0.0594 e. The van der Waals surface area contributed by atoms with Crippen molar-refractivity contribution in [1.82, 2.24) is 10.2 Å². The van der Waals surface area contributed by atoms with Gasteiger partial charge in [0.1, 0.15) is 0 Å². The van der Waals surface area contributed by atoms with E-state index in [1.54, 1.807) is 0 Å². The fourth-order valence-electron chi connectivity index (χ4n) is 2.27. The van der Waals surface area contributed by atoms with E-state index in [9.17, 15) is 0 Å². The minimum absolute atomic E-state index is 0.450. The molecule has 0 amide bonds. The second kappa shape index (κ2) is 6.50. The molecule has 0 radical (unpaired) electrons. The van der Waals surface area contributed by atoms with Crippen molar-refractivity contribution in [3.8, 4) is 0 Å². The van der Waals surface area contributed by atoms with Crippen molar-refractivity contribution in [3.63, 3.8) is 0 Å². The largest absolute Gasteiger partial charge is 0.379 e. The second-order valence-corrected chi connectivity index (χ2v) is 5.70. The Kier molecular flexibility index (Phi) is 4.98. The molecule has 3 nitrogen and oxygen atoms in total.